The number of hydrogen-bond acceptors (Lipinski definition) is 4. The quantitative estimate of drug-likeness (QED) is 0.872. The van der Waals surface area contributed by atoms with Crippen LogP contribution < -0.4 is 10.6 Å². The van der Waals surface area contributed by atoms with Crippen molar-refractivity contribution in [3.63, 3.8) is 0 Å². The van der Waals surface area contributed by atoms with E-state index in [1.54, 1.807) is 6.20 Å². The Balaban J connectivity index is 2.09. The highest BCUT2D eigenvalue weighted by Crippen LogP contribution is 2.29. The second-order valence-corrected chi connectivity index (χ2v) is 6.09. The molecule has 0 spiro atoms. The fourth-order valence-electron chi connectivity index (χ4n) is 2.36. The van der Waals surface area contributed by atoms with Gasteiger partial charge in [0.15, 0.2) is 0 Å². The van der Waals surface area contributed by atoms with Crippen molar-refractivity contribution in [3.8, 4) is 0 Å². The van der Waals surface area contributed by atoms with Crippen molar-refractivity contribution in [2.75, 3.05) is 18.4 Å². The maximum absolute atomic E-state index is 11.9. The topological polar surface area (TPSA) is 63.2 Å². The molecule has 0 unspecified atom stereocenters. The van der Waals surface area contributed by atoms with E-state index in [1.165, 1.54) is 0 Å². The summed E-state index contributed by atoms with van der Waals surface area (Å²) in [6.45, 7) is 7.54. The lowest BCUT2D eigenvalue weighted by molar-refractivity contribution is 0.0635. The summed E-state index contributed by atoms with van der Waals surface area (Å²) in [6, 6.07) is 3.71. The Hall–Kier alpha value is -1.62. The summed E-state index contributed by atoms with van der Waals surface area (Å²) in [5, 5.41) is 6.16. The molecule has 110 valence electrons. The van der Waals surface area contributed by atoms with Crippen LogP contribution in [0.2, 0.25) is 0 Å². The molecule has 1 saturated heterocycles. The van der Waals surface area contributed by atoms with Gasteiger partial charge >= 0.3 is 6.09 Å². The van der Waals surface area contributed by atoms with Gasteiger partial charge in [0.2, 0.25) is 0 Å². The lowest BCUT2D eigenvalue weighted by atomic mass is 9.93. The smallest absolute Gasteiger partial charge is 0.412 e. The zero-order valence-corrected chi connectivity index (χ0v) is 12.4. The van der Waals surface area contributed by atoms with Crippen molar-refractivity contribution in [1.29, 1.82) is 0 Å². The number of carbonyl (C=O) groups is 1. The van der Waals surface area contributed by atoms with Gasteiger partial charge in [-0.1, -0.05) is 0 Å². The first-order chi connectivity index (χ1) is 9.46. The van der Waals surface area contributed by atoms with E-state index in [0.29, 0.717) is 5.92 Å². The minimum Gasteiger partial charge on any atom is -0.444 e. The first-order valence-corrected chi connectivity index (χ1v) is 7.11. The largest absolute Gasteiger partial charge is 0.444 e. The summed E-state index contributed by atoms with van der Waals surface area (Å²) in [7, 11) is 0. The Morgan fingerprint density at radius 2 is 2.10 bits per heavy atom. The molecule has 1 aliphatic heterocycles. The van der Waals surface area contributed by atoms with Crippen LogP contribution >= 0.6 is 0 Å². The third-order valence-corrected chi connectivity index (χ3v) is 3.20. The zero-order valence-electron chi connectivity index (χ0n) is 12.4. The molecule has 1 fully saturated rings. The van der Waals surface area contributed by atoms with Crippen LogP contribution in [-0.4, -0.2) is 29.8 Å². The van der Waals surface area contributed by atoms with E-state index in [4.69, 9.17) is 4.74 Å². The van der Waals surface area contributed by atoms with E-state index >= 15 is 0 Å². The van der Waals surface area contributed by atoms with E-state index in [2.05, 4.69) is 15.6 Å². The van der Waals surface area contributed by atoms with Crippen LogP contribution in [0.3, 0.4) is 0 Å². The summed E-state index contributed by atoms with van der Waals surface area (Å²) >= 11 is 0. The highest BCUT2D eigenvalue weighted by atomic mass is 16.6. The van der Waals surface area contributed by atoms with E-state index in [0.717, 1.165) is 37.3 Å². The Labute approximate surface area is 120 Å². The normalized spacial score (nSPS) is 16.8. The predicted octanol–water partition coefficient (Wildman–Crippen LogP) is 2.90. The number of pyridine rings is 1. The second-order valence-electron chi connectivity index (χ2n) is 6.09. The van der Waals surface area contributed by atoms with Gasteiger partial charge in [-0.05, 0) is 58.8 Å². The highest BCUT2D eigenvalue weighted by Gasteiger charge is 2.22. The second kappa shape index (κ2) is 6.22. The molecule has 2 N–H and O–H groups in total. The third-order valence-electron chi connectivity index (χ3n) is 3.20. The maximum Gasteiger partial charge on any atom is 0.412 e. The van der Waals surface area contributed by atoms with Gasteiger partial charge in [-0.3, -0.25) is 10.3 Å². The molecule has 0 atom stereocenters. The number of aromatic nitrogens is 1. The Bertz CT molecular complexity index is 462. The summed E-state index contributed by atoms with van der Waals surface area (Å²) < 4.78 is 5.29. The highest BCUT2D eigenvalue weighted by molar-refractivity contribution is 5.85. The number of hydrogen-bond donors (Lipinski definition) is 2. The van der Waals surface area contributed by atoms with E-state index in [1.807, 2.05) is 32.9 Å². The monoisotopic (exact) mass is 277 g/mol. The molecular weight excluding hydrogens is 254 g/mol. The molecule has 1 amide bonds. The molecule has 0 aliphatic carbocycles. The molecule has 20 heavy (non-hydrogen) atoms. The molecule has 1 aromatic rings. The molecule has 1 aromatic heterocycles. The molecule has 1 aliphatic rings. The fraction of sp³-hybridized carbons (Fsp3) is 0.600. The number of nitrogens with zero attached hydrogens (tertiary/aromatic N) is 1. The molecule has 0 bridgehead atoms. The van der Waals surface area contributed by atoms with Crippen molar-refractivity contribution in [2.24, 2.45) is 0 Å². The van der Waals surface area contributed by atoms with Gasteiger partial charge in [-0.2, -0.15) is 0 Å². The first-order valence-electron chi connectivity index (χ1n) is 7.11. The van der Waals surface area contributed by atoms with Crippen LogP contribution in [0.1, 0.15) is 45.2 Å². The standard InChI is InChI=1S/C15H23N3O2/c1-15(2,3)20-14(19)18-12-5-4-8-17-13(12)11-6-9-16-10-7-11/h4-5,8,11,16H,6-7,9-10H2,1-3H3,(H,18,19). The van der Waals surface area contributed by atoms with Crippen molar-refractivity contribution in [1.82, 2.24) is 10.3 Å². The van der Waals surface area contributed by atoms with Gasteiger partial charge in [-0.15, -0.1) is 0 Å². The summed E-state index contributed by atoms with van der Waals surface area (Å²) in [6.07, 6.45) is 3.43. The van der Waals surface area contributed by atoms with Crippen molar-refractivity contribution in [2.45, 2.75) is 45.1 Å². The van der Waals surface area contributed by atoms with E-state index in [-0.39, 0.29) is 0 Å². The number of ether oxygens (including phenoxy) is 1. The van der Waals surface area contributed by atoms with Gasteiger partial charge in [-0.25, -0.2) is 4.79 Å². The first kappa shape index (κ1) is 14.8. The summed E-state index contributed by atoms with van der Waals surface area (Å²) in [5.41, 5.74) is 1.22. The van der Waals surface area contributed by atoms with Gasteiger partial charge in [0, 0.05) is 12.1 Å². The number of amides is 1. The SMILES string of the molecule is CC(C)(C)OC(=O)Nc1cccnc1C1CCNCC1. The van der Waals surface area contributed by atoms with Crippen molar-refractivity contribution < 1.29 is 9.53 Å². The molecule has 0 saturated carbocycles. The predicted molar refractivity (Wildman–Crippen MR) is 78.9 cm³/mol. The van der Waals surface area contributed by atoms with Crippen molar-refractivity contribution in [3.05, 3.63) is 24.0 Å². The van der Waals surface area contributed by atoms with Crippen LogP contribution in [-0.2, 0) is 4.74 Å². The minimum absolute atomic E-state index is 0.391. The van der Waals surface area contributed by atoms with Gasteiger partial charge in [0.05, 0.1) is 11.4 Å². The molecule has 2 rings (SSSR count). The van der Waals surface area contributed by atoms with Crippen LogP contribution in [0, 0.1) is 0 Å². The maximum atomic E-state index is 11.9. The Morgan fingerprint density at radius 3 is 2.75 bits per heavy atom. The molecule has 0 aromatic carbocycles. The molecule has 2 heterocycles. The fourth-order valence-corrected chi connectivity index (χ4v) is 2.36. The van der Waals surface area contributed by atoms with Gasteiger partial charge in [0.1, 0.15) is 5.60 Å². The van der Waals surface area contributed by atoms with Gasteiger partial charge in [0.25, 0.3) is 0 Å². The zero-order chi connectivity index (χ0) is 14.6. The average molecular weight is 277 g/mol. The van der Waals surface area contributed by atoms with Gasteiger partial charge < -0.3 is 10.1 Å². The molecule has 0 radical (unpaired) electrons. The third kappa shape index (κ3) is 4.20. The molecule has 5 nitrogen and oxygen atoms in total. The van der Waals surface area contributed by atoms with E-state index in [9.17, 15) is 4.79 Å². The minimum atomic E-state index is -0.499. The van der Waals surface area contributed by atoms with Crippen molar-refractivity contribution >= 4 is 11.8 Å². The number of nitrogens with one attached hydrogen (secondary N) is 2. The van der Waals surface area contributed by atoms with E-state index < -0.39 is 11.7 Å². The Kier molecular flexibility index (Phi) is 4.60. The van der Waals surface area contributed by atoms with Crippen LogP contribution in [0.25, 0.3) is 0 Å². The Morgan fingerprint density at radius 1 is 1.40 bits per heavy atom. The summed E-state index contributed by atoms with van der Waals surface area (Å²) in [5.74, 6) is 0.391. The number of carbonyl (C=O) groups excluding carboxylic acids is 1. The number of rotatable bonds is 2. The molecule has 5 heteroatoms. The number of piperidine rings is 1. The lowest BCUT2D eigenvalue weighted by Crippen LogP contribution is -2.29. The average Bonchev–Trinajstić information content (AvgIpc) is 2.38. The van der Waals surface area contributed by atoms with Crippen LogP contribution in [0.4, 0.5) is 10.5 Å². The summed E-state index contributed by atoms with van der Waals surface area (Å²) in [4.78, 5) is 16.3. The number of anilines is 1. The molecular formula is C15H23N3O2. The van der Waals surface area contributed by atoms with Crippen LogP contribution in [0.5, 0.6) is 0 Å². The van der Waals surface area contributed by atoms with Crippen LogP contribution in [0.15, 0.2) is 18.3 Å². The lowest BCUT2D eigenvalue weighted by Gasteiger charge is -2.25.